The van der Waals surface area contributed by atoms with Crippen LogP contribution in [-0.2, 0) is 0 Å². The van der Waals surface area contributed by atoms with E-state index in [1.54, 1.807) is 18.3 Å². The Kier molecular flexibility index (Phi) is 3.66. The number of nitrogens with zero attached hydrogens (tertiary/aromatic N) is 1. The van der Waals surface area contributed by atoms with E-state index in [-0.39, 0.29) is 12.1 Å². The van der Waals surface area contributed by atoms with Crippen molar-refractivity contribution >= 4 is 0 Å². The van der Waals surface area contributed by atoms with Gasteiger partial charge in [0, 0.05) is 18.8 Å². The molecule has 1 unspecified atom stereocenters. The normalized spacial score (nSPS) is 13.7. The van der Waals surface area contributed by atoms with Crippen LogP contribution in [0, 0.1) is 0 Å². The van der Waals surface area contributed by atoms with E-state index in [1.165, 1.54) is 0 Å². The van der Waals surface area contributed by atoms with Gasteiger partial charge in [-0.3, -0.25) is 4.98 Å². The van der Waals surface area contributed by atoms with Gasteiger partial charge in [-0.15, -0.1) is 0 Å². The van der Waals surface area contributed by atoms with Gasteiger partial charge in [-0.1, -0.05) is 0 Å². The number of hydrogen-bond acceptors (Lipinski definition) is 4. The summed E-state index contributed by atoms with van der Waals surface area (Å²) in [6, 6.07) is 3.47. The van der Waals surface area contributed by atoms with E-state index in [4.69, 9.17) is 10.5 Å². The van der Waals surface area contributed by atoms with Crippen molar-refractivity contribution in [1.82, 2.24) is 4.98 Å². The highest BCUT2D eigenvalue weighted by atomic mass is 16.5. The van der Waals surface area contributed by atoms with Crippen molar-refractivity contribution in [2.45, 2.75) is 32.5 Å². The Morgan fingerprint density at radius 2 is 2.20 bits per heavy atom. The number of aliphatic hydroxyl groups is 1. The van der Waals surface area contributed by atoms with Crippen LogP contribution in [0.3, 0.4) is 0 Å². The van der Waals surface area contributed by atoms with Crippen LogP contribution in [0.1, 0.15) is 32.6 Å². The van der Waals surface area contributed by atoms with Crippen LogP contribution in [0.4, 0.5) is 0 Å². The predicted octanol–water partition coefficient (Wildman–Crippen LogP) is 1.25. The fourth-order valence-corrected chi connectivity index (χ4v) is 1.15. The second-order valence-corrected chi connectivity index (χ2v) is 4.38. The minimum absolute atomic E-state index is 0.159. The molecule has 1 aromatic heterocycles. The first kappa shape index (κ1) is 11.9. The van der Waals surface area contributed by atoms with Gasteiger partial charge >= 0.3 is 0 Å². The van der Waals surface area contributed by atoms with E-state index in [9.17, 15) is 5.11 Å². The Morgan fingerprint density at radius 3 is 2.73 bits per heavy atom. The van der Waals surface area contributed by atoms with E-state index in [0.29, 0.717) is 11.4 Å². The highest BCUT2D eigenvalue weighted by molar-refractivity contribution is 5.24. The molecule has 0 bridgehead atoms. The largest absolute Gasteiger partial charge is 0.488 e. The molecule has 84 valence electrons. The van der Waals surface area contributed by atoms with Gasteiger partial charge in [0.15, 0.2) is 0 Å². The molecule has 0 saturated heterocycles. The number of nitrogens with two attached hydrogens (primary N) is 1. The van der Waals surface area contributed by atoms with Gasteiger partial charge in [0.2, 0.25) is 0 Å². The molecule has 0 fully saturated rings. The molecule has 1 atom stereocenters. The summed E-state index contributed by atoms with van der Waals surface area (Å²) in [5.74, 6) is 0.694. The minimum Gasteiger partial charge on any atom is -0.488 e. The van der Waals surface area contributed by atoms with Crippen LogP contribution in [0.15, 0.2) is 18.3 Å². The summed E-state index contributed by atoms with van der Waals surface area (Å²) in [7, 11) is 0. The van der Waals surface area contributed by atoms with E-state index < -0.39 is 6.10 Å². The number of ether oxygens (including phenoxy) is 1. The van der Waals surface area contributed by atoms with Crippen molar-refractivity contribution in [2.75, 3.05) is 6.54 Å². The lowest BCUT2D eigenvalue weighted by molar-refractivity contribution is 0.129. The standard InChI is InChI=1S/C11H18N2O2/c1-11(2,3)15-8-4-5-13-9(6-8)10(14)7-12/h4-6,10,14H,7,12H2,1-3H3. The van der Waals surface area contributed by atoms with Crippen LogP contribution in [0.5, 0.6) is 5.75 Å². The second-order valence-electron chi connectivity index (χ2n) is 4.38. The molecule has 0 aliphatic heterocycles. The third-order valence-electron chi connectivity index (χ3n) is 1.74. The smallest absolute Gasteiger partial charge is 0.123 e. The maximum atomic E-state index is 9.51. The molecule has 0 aliphatic rings. The van der Waals surface area contributed by atoms with Crippen molar-refractivity contribution in [3.8, 4) is 5.75 Å². The Hall–Kier alpha value is -1.13. The van der Waals surface area contributed by atoms with Crippen molar-refractivity contribution in [3.05, 3.63) is 24.0 Å². The van der Waals surface area contributed by atoms with Gasteiger partial charge in [-0.2, -0.15) is 0 Å². The molecule has 4 nitrogen and oxygen atoms in total. The summed E-state index contributed by atoms with van der Waals surface area (Å²) >= 11 is 0. The first-order valence-electron chi connectivity index (χ1n) is 4.95. The van der Waals surface area contributed by atoms with Gasteiger partial charge in [-0.25, -0.2) is 0 Å². The van der Waals surface area contributed by atoms with E-state index in [0.717, 1.165) is 0 Å². The molecule has 1 rings (SSSR count). The zero-order valence-electron chi connectivity index (χ0n) is 9.40. The molecular formula is C11H18N2O2. The Balaban J connectivity index is 2.83. The van der Waals surface area contributed by atoms with Gasteiger partial charge in [0.25, 0.3) is 0 Å². The zero-order chi connectivity index (χ0) is 11.5. The average molecular weight is 210 g/mol. The van der Waals surface area contributed by atoms with Crippen LogP contribution in [0.25, 0.3) is 0 Å². The quantitative estimate of drug-likeness (QED) is 0.788. The summed E-state index contributed by atoms with van der Waals surface area (Å²) in [6.07, 6.45) is 0.878. The molecule has 0 aliphatic carbocycles. The van der Waals surface area contributed by atoms with Crippen LogP contribution >= 0.6 is 0 Å². The topological polar surface area (TPSA) is 68.4 Å². The summed E-state index contributed by atoms with van der Waals surface area (Å²) < 4.78 is 5.65. The highest BCUT2D eigenvalue weighted by Crippen LogP contribution is 2.20. The summed E-state index contributed by atoms with van der Waals surface area (Å²) in [5.41, 5.74) is 5.63. The minimum atomic E-state index is -0.728. The fraction of sp³-hybridized carbons (Fsp3) is 0.545. The van der Waals surface area contributed by atoms with E-state index in [2.05, 4.69) is 4.98 Å². The molecular weight excluding hydrogens is 192 g/mol. The first-order chi connectivity index (χ1) is 6.92. The van der Waals surface area contributed by atoms with Crippen molar-refractivity contribution in [3.63, 3.8) is 0 Å². The lowest BCUT2D eigenvalue weighted by Crippen LogP contribution is -2.23. The summed E-state index contributed by atoms with van der Waals surface area (Å²) in [5, 5.41) is 9.51. The number of rotatable bonds is 3. The Bertz CT molecular complexity index is 321. The summed E-state index contributed by atoms with van der Waals surface area (Å²) in [6.45, 7) is 6.05. The number of pyridine rings is 1. The molecule has 0 aromatic carbocycles. The third kappa shape index (κ3) is 3.85. The molecule has 0 saturated carbocycles. The van der Waals surface area contributed by atoms with Crippen molar-refractivity contribution in [1.29, 1.82) is 0 Å². The van der Waals surface area contributed by atoms with Crippen LogP contribution < -0.4 is 10.5 Å². The monoisotopic (exact) mass is 210 g/mol. The van der Waals surface area contributed by atoms with Crippen molar-refractivity contribution < 1.29 is 9.84 Å². The van der Waals surface area contributed by atoms with Crippen LogP contribution in [0.2, 0.25) is 0 Å². The molecule has 0 radical (unpaired) electrons. The van der Waals surface area contributed by atoms with Gasteiger partial charge in [0.05, 0.1) is 5.69 Å². The fourth-order valence-electron chi connectivity index (χ4n) is 1.15. The van der Waals surface area contributed by atoms with E-state index in [1.807, 2.05) is 20.8 Å². The molecule has 1 aromatic rings. The Morgan fingerprint density at radius 1 is 1.53 bits per heavy atom. The maximum absolute atomic E-state index is 9.51. The SMILES string of the molecule is CC(C)(C)Oc1ccnc(C(O)CN)c1. The third-order valence-corrected chi connectivity index (χ3v) is 1.74. The zero-order valence-corrected chi connectivity index (χ0v) is 9.40. The Labute approximate surface area is 90.1 Å². The second kappa shape index (κ2) is 4.59. The van der Waals surface area contributed by atoms with Gasteiger partial charge in [0.1, 0.15) is 17.5 Å². The average Bonchev–Trinajstić information content (AvgIpc) is 2.14. The lowest BCUT2D eigenvalue weighted by atomic mass is 10.2. The molecule has 0 spiro atoms. The number of aromatic nitrogens is 1. The van der Waals surface area contributed by atoms with Gasteiger partial charge in [-0.05, 0) is 26.8 Å². The maximum Gasteiger partial charge on any atom is 0.123 e. The molecule has 1 heterocycles. The molecule has 4 heteroatoms. The van der Waals surface area contributed by atoms with Crippen molar-refractivity contribution in [2.24, 2.45) is 5.73 Å². The van der Waals surface area contributed by atoms with Crippen LogP contribution in [-0.4, -0.2) is 22.2 Å². The number of hydrogen-bond donors (Lipinski definition) is 2. The van der Waals surface area contributed by atoms with E-state index >= 15 is 0 Å². The predicted molar refractivity (Wildman–Crippen MR) is 58.6 cm³/mol. The first-order valence-corrected chi connectivity index (χ1v) is 4.95. The highest BCUT2D eigenvalue weighted by Gasteiger charge is 2.13. The molecule has 3 N–H and O–H groups in total. The molecule has 0 amide bonds. The summed E-state index contributed by atoms with van der Waals surface area (Å²) in [4.78, 5) is 4.03. The lowest BCUT2D eigenvalue weighted by Gasteiger charge is -2.21. The van der Waals surface area contributed by atoms with Gasteiger partial charge < -0.3 is 15.6 Å². The molecule has 15 heavy (non-hydrogen) atoms. The number of aliphatic hydroxyl groups excluding tert-OH is 1.